The van der Waals surface area contributed by atoms with Crippen molar-refractivity contribution >= 4 is 16.8 Å². The van der Waals surface area contributed by atoms with Crippen LogP contribution in [0.2, 0.25) is 0 Å². The van der Waals surface area contributed by atoms with E-state index >= 15 is 0 Å². The molecule has 1 unspecified atom stereocenters. The van der Waals surface area contributed by atoms with Crippen molar-refractivity contribution in [2.45, 2.75) is 18.9 Å². The zero-order valence-corrected chi connectivity index (χ0v) is 10.3. The van der Waals surface area contributed by atoms with Crippen molar-refractivity contribution in [2.24, 2.45) is 0 Å². The van der Waals surface area contributed by atoms with Crippen molar-refractivity contribution in [1.82, 2.24) is 10.3 Å². The van der Waals surface area contributed by atoms with Crippen LogP contribution in [0.1, 0.15) is 23.7 Å². The molecule has 1 aliphatic heterocycles. The predicted molar refractivity (Wildman–Crippen MR) is 69.6 cm³/mol. The number of aromatic amines is 1. The number of rotatable bonds is 2. The molecule has 18 heavy (non-hydrogen) atoms. The molecule has 1 atom stereocenters. The quantitative estimate of drug-likeness (QED) is 0.849. The number of hydrogen-bond donors (Lipinski definition) is 2. The Bertz CT molecular complexity index is 582. The first-order valence-electron chi connectivity index (χ1n) is 6.14. The average Bonchev–Trinajstić information content (AvgIpc) is 2.95. The number of fused-ring (bicyclic) bond motifs is 1. The van der Waals surface area contributed by atoms with Gasteiger partial charge in [0.15, 0.2) is 0 Å². The Morgan fingerprint density at radius 2 is 2.28 bits per heavy atom. The van der Waals surface area contributed by atoms with Crippen LogP contribution >= 0.6 is 0 Å². The van der Waals surface area contributed by atoms with Gasteiger partial charge in [-0.05, 0) is 19.4 Å². The van der Waals surface area contributed by atoms with Crippen molar-refractivity contribution in [3.63, 3.8) is 0 Å². The largest absolute Gasteiger partial charge is 0.379 e. The second-order valence-electron chi connectivity index (χ2n) is 5.07. The predicted octanol–water partition coefficient (Wildman–Crippen LogP) is 2.08. The molecule has 1 aliphatic rings. The molecule has 1 saturated heterocycles. The smallest absolute Gasteiger partial charge is 0.253 e. The molecule has 0 saturated carbocycles. The van der Waals surface area contributed by atoms with Crippen LogP contribution in [0, 0.1) is 0 Å². The van der Waals surface area contributed by atoms with Gasteiger partial charge >= 0.3 is 0 Å². The Morgan fingerprint density at radius 1 is 1.44 bits per heavy atom. The lowest BCUT2D eigenvalue weighted by Crippen LogP contribution is -2.46. The number of para-hydroxylation sites is 1. The SMILES string of the molecule is CC1(NC(=O)c2c[nH]c3ccccc23)CCOC1. The number of ether oxygens (including phenoxy) is 1. The summed E-state index contributed by atoms with van der Waals surface area (Å²) in [6, 6.07) is 7.81. The van der Waals surface area contributed by atoms with Gasteiger partial charge in [-0.3, -0.25) is 4.79 Å². The van der Waals surface area contributed by atoms with Crippen molar-refractivity contribution < 1.29 is 9.53 Å². The number of amides is 1. The fraction of sp³-hybridized carbons (Fsp3) is 0.357. The summed E-state index contributed by atoms with van der Waals surface area (Å²) in [6.45, 7) is 3.32. The third-order valence-corrected chi connectivity index (χ3v) is 3.47. The van der Waals surface area contributed by atoms with Crippen LogP contribution in [-0.2, 0) is 4.74 Å². The Hall–Kier alpha value is -1.81. The first-order valence-corrected chi connectivity index (χ1v) is 6.14. The number of nitrogens with one attached hydrogen (secondary N) is 2. The highest BCUT2D eigenvalue weighted by atomic mass is 16.5. The summed E-state index contributed by atoms with van der Waals surface area (Å²) >= 11 is 0. The molecule has 3 rings (SSSR count). The molecule has 1 aromatic heterocycles. The molecular weight excluding hydrogens is 228 g/mol. The topological polar surface area (TPSA) is 54.1 Å². The van der Waals surface area contributed by atoms with E-state index in [4.69, 9.17) is 4.74 Å². The molecule has 0 spiro atoms. The summed E-state index contributed by atoms with van der Waals surface area (Å²) in [4.78, 5) is 15.4. The van der Waals surface area contributed by atoms with Crippen molar-refractivity contribution in [3.8, 4) is 0 Å². The van der Waals surface area contributed by atoms with Gasteiger partial charge in [-0.15, -0.1) is 0 Å². The number of hydrogen-bond acceptors (Lipinski definition) is 2. The summed E-state index contributed by atoms with van der Waals surface area (Å²) in [5.74, 6) is -0.0412. The van der Waals surface area contributed by atoms with Crippen LogP contribution in [0.15, 0.2) is 30.5 Å². The van der Waals surface area contributed by atoms with Gasteiger partial charge in [-0.2, -0.15) is 0 Å². The van der Waals surface area contributed by atoms with Crippen molar-refractivity contribution in [1.29, 1.82) is 0 Å². The van der Waals surface area contributed by atoms with Gasteiger partial charge in [-0.1, -0.05) is 18.2 Å². The second kappa shape index (κ2) is 4.14. The third-order valence-electron chi connectivity index (χ3n) is 3.47. The van der Waals surface area contributed by atoms with Crippen LogP contribution in [0.3, 0.4) is 0 Å². The average molecular weight is 244 g/mol. The highest BCUT2D eigenvalue weighted by Crippen LogP contribution is 2.21. The Kier molecular flexibility index (Phi) is 2.59. The number of benzene rings is 1. The lowest BCUT2D eigenvalue weighted by Gasteiger charge is -2.23. The molecule has 4 heteroatoms. The zero-order valence-electron chi connectivity index (χ0n) is 10.3. The van der Waals surface area contributed by atoms with Crippen LogP contribution in [0.4, 0.5) is 0 Å². The normalized spacial score (nSPS) is 23.4. The van der Waals surface area contributed by atoms with E-state index in [0.29, 0.717) is 18.8 Å². The maximum absolute atomic E-state index is 12.3. The minimum atomic E-state index is -0.241. The van der Waals surface area contributed by atoms with Gasteiger partial charge in [-0.25, -0.2) is 0 Å². The summed E-state index contributed by atoms with van der Waals surface area (Å²) in [5.41, 5.74) is 1.43. The molecule has 0 aliphatic carbocycles. The second-order valence-corrected chi connectivity index (χ2v) is 5.07. The number of aromatic nitrogens is 1. The van der Waals surface area contributed by atoms with Crippen molar-refractivity contribution in [2.75, 3.05) is 13.2 Å². The van der Waals surface area contributed by atoms with Gasteiger partial charge in [0.25, 0.3) is 5.91 Å². The van der Waals surface area contributed by atoms with E-state index in [9.17, 15) is 4.79 Å². The maximum Gasteiger partial charge on any atom is 0.253 e. The third kappa shape index (κ3) is 1.88. The van der Waals surface area contributed by atoms with Gasteiger partial charge in [0.2, 0.25) is 0 Å². The van der Waals surface area contributed by atoms with Gasteiger partial charge in [0.1, 0.15) is 0 Å². The van der Waals surface area contributed by atoms with E-state index < -0.39 is 0 Å². The zero-order chi connectivity index (χ0) is 12.6. The highest BCUT2D eigenvalue weighted by molar-refractivity contribution is 6.06. The van der Waals surface area contributed by atoms with E-state index in [2.05, 4.69) is 10.3 Å². The van der Waals surface area contributed by atoms with Crippen LogP contribution in [0.25, 0.3) is 10.9 Å². The number of carbonyl (C=O) groups excluding carboxylic acids is 1. The van der Waals surface area contributed by atoms with E-state index in [1.807, 2.05) is 31.2 Å². The minimum Gasteiger partial charge on any atom is -0.379 e. The summed E-state index contributed by atoms with van der Waals surface area (Å²) < 4.78 is 5.34. The Labute approximate surface area is 105 Å². The lowest BCUT2D eigenvalue weighted by atomic mass is 10.0. The maximum atomic E-state index is 12.3. The first-order chi connectivity index (χ1) is 8.68. The fourth-order valence-corrected chi connectivity index (χ4v) is 2.37. The van der Waals surface area contributed by atoms with Crippen LogP contribution < -0.4 is 5.32 Å². The Morgan fingerprint density at radius 3 is 3.06 bits per heavy atom. The molecule has 2 N–H and O–H groups in total. The molecule has 2 aromatic rings. The molecule has 0 radical (unpaired) electrons. The summed E-state index contributed by atoms with van der Waals surface area (Å²) in [5, 5.41) is 4.02. The highest BCUT2D eigenvalue weighted by Gasteiger charge is 2.31. The molecule has 0 bridgehead atoms. The molecule has 1 amide bonds. The summed E-state index contributed by atoms with van der Waals surface area (Å²) in [7, 11) is 0. The molecule has 4 nitrogen and oxygen atoms in total. The molecular formula is C14H16N2O2. The monoisotopic (exact) mass is 244 g/mol. The van der Waals surface area contributed by atoms with Crippen LogP contribution in [0.5, 0.6) is 0 Å². The van der Waals surface area contributed by atoms with E-state index in [0.717, 1.165) is 17.3 Å². The van der Waals surface area contributed by atoms with Crippen molar-refractivity contribution in [3.05, 3.63) is 36.0 Å². The number of carbonyl (C=O) groups is 1. The molecule has 1 aromatic carbocycles. The molecule has 2 heterocycles. The standard InChI is InChI=1S/C14H16N2O2/c1-14(6-7-18-9-14)16-13(17)11-8-15-12-5-3-2-4-10(11)12/h2-5,8,15H,6-7,9H2,1H3,(H,16,17). The van der Waals surface area contributed by atoms with Gasteiger partial charge < -0.3 is 15.0 Å². The molecule has 94 valence electrons. The Balaban J connectivity index is 1.88. The molecule has 1 fully saturated rings. The van der Waals surface area contributed by atoms with Gasteiger partial charge in [0.05, 0.1) is 17.7 Å². The summed E-state index contributed by atoms with van der Waals surface area (Å²) in [6.07, 6.45) is 2.63. The fourth-order valence-electron chi connectivity index (χ4n) is 2.37. The van der Waals surface area contributed by atoms with Crippen LogP contribution in [-0.4, -0.2) is 29.6 Å². The van der Waals surface area contributed by atoms with E-state index in [1.54, 1.807) is 6.20 Å². The lowest BCUT2D eigenvalue weighted by molar-refractivity contribution is 0.0891. The van der Waals surface area contributed by atoms with E-state index in [-0.39, 0.29) is 11.4 Å². The minimum absolute atomic E-state index is 0.0412. The van der Waals surface area contributed by atoms with E-state index in [1.165, 1.54) is 0 Å². The number of H-pyrrole nitrogens is 1. The first kappa shape index (κ1) is 11.3. The van der Waals surface area contributed by atoms with Gasteiger partial charge in [0, 0.05) is 23.7 Å².